The third-order valence-corrected chi connectivity index (χ3v) is 7.59. The molecule has 1 unspecified atom stereocenters. The second kappa shape index (κ2) is 9.88. The summed E-state index contributed by atoms with van der Waals surface area (Å²) < 4.78 is 0. The van der Waals surface area contributed by atoms with Gasteiger partial charge in [0, 0.05) is 30.6 Å². The van der Waals surface area contributed by atoms with E-state index >= 15 is 0 Å². The van der Waals surface area contributed by atoms with Crippen LogP contribution >= 0.6 is 0 Å². The van der Waals surface area contributed by atoms with Gasteiger partial charge in [-0.05, 0) is 67.3 Å². The molecule has 1 amide bonds. The zero-order chi connectivity index (χ0) is 22.6. The number of pyridine rings is 1. The van der Waals surface area contributed by atoms with Crippen LogP contribution in [0.2, 0.25) is 0 Å². The van der Waals surface area contributed by atoms with Crippen LogP contribution in [0.4, 0.5) is 0 Å². The van der Waals surface area contributed by atoms with E-state index in [0.29, 0.717) is 24.3 Å². The highest BCUT2D eigenvalue weighted by atomic mass is 16.1. The van der Waals surface area contributed by atoms with Crippen molar-refractivity contribution in [1.82, 2.24) is 15.2 Å². The number of rotatable bonds is 8. The van der Waals surface area contributed by atoms with Gasteiger partial charge in [0.05, 0.1) is 11.6 Å². The molecule has 3 fully saturated rings. The Kier molecular flexibility index (Phi) is 6.54. The predicted octanol–water partition coefficient (Wildman–Crippen LogP) is 5.31. The van der Waals surface area contributed by atoms with Gasteiger partial charge in [0.25, 0.3) is 0 Å². The number of nitrogens with zero attached hydrogens (tertiary/aromatic N) is 2. The number of para-hydroxylation sites is 1. The zero-order valence-corrected chi connectivity index (χ0v) is 19.2. The van der Waals surface area contributed by atoms with Gasteiger partial charge in [-0.3, -0.25) is 14.7 Å². The minimum absolute atomic E-state index is 0.0318. The lowest BCUT2D eigenvalue weighted by Crippen LogP contribution is -2.57. The van der Waals surface area contributed by atoms with Gasteiger partial charge in [-0.25, -0.2) is 0 Å². The average molecular weight is 440 g/mol. The quantitative estimate of drug-likeness (QED) is 0.484. The molecule has 3 aliphatic heterocycles. The molecule has 2 aromatic carbocycles. The third kappa shape index (κ3) is 4.72. The van der Waals surface area contributed by atoms with Crippen molar-refractivity contribution in [2.75, 3.05) is 13.1 Å². The van der Waals surface area contributed by atoms with Crippen molar-refractivity contribution in [2.24, 2.45) is 11.8 Å². The summed E-state index contributed by atoms with van der Waals surface area (Å²) in [6, 6.07) is 21.1. The fraction of sp³-hybridized carbons (Fsp3) is 0.379. The van der Waals surface area contributed by atoms with Crippen molar-refractivity contribution < 1.29 is 4.79 Å². The fourth-order valence-corrected chi connectivity index (χ4v) is 5.84. The number of nitrogens with one attached hydrogen (secondary N) is 1. The van der Waals surface area contributed by atoms with E-state index in [-0.39, 0.29) is 11.9 Å². The molecule has 2 bridgehead atoms. The molecule has 0 aliphatic carbocycles. The fourth-order valence-electron chi connectivity index (χ4n) is 5.84. The van der Waals surface area contributed by atoms with E-state index in [0.717, 1.165) is 43.3 Å². The van der Waals surface area contributed by atoms with Crippen molar-refractivity contribution in [3.63, 3.8) is 0 Å². The number of benzene rings is 2. The van der Waals surface area contributed by atoms with Crippen LogP contribution in [0.25, 0.3) is 10.9 Å². The summed E-state index contributed by atoms with van der Waals surface area (Å²) in [4.78, 5) is 20.3. The number of carbonyl (C=O) groups excluding carboxylic acids is 1. The first kappa shape index (κ1) is 21.8. The summed E-state index contributed by atoms with van der Waals surface area (Å²) in [7, 11) is 0. The lowest BCUT2D eigenvalue weighted by atomic mass is 9.73. The maximum Gasteiger partial charge on any atom is 0.220 e. The van der Waals surface area contributed by atoms with Crippen molar-refractivity contribution in [3.8, 4) is 0 Å². The molecule has 4 nitrogen and oxygen atoms in total. The molecule has 0 saturated carbocycles. The van der Waals surface area contributed by atoms with E-state index in [4.69, 9.17) is 0 Å². The van der Waals surface area contributed by atoms with E-state index in [1.165, 1.54) is 17.5 Å². The summed E-state index contributed by atoms with van der Waals surface area (Å²) in [5, 5.41) is 4.60. The average Bonchev–Trinajstić information content (AvgIpc) is 2.88. The molecular weight excluding hydrogens is 406 g/mol. The van der Waals surface area contributed by atoms with Crippen LogP contribution in [-0.2, 0) is 11.2 Å². The lowest BCUT2D eigenvalue weighted by Gasteiger charge is -2.51. The molecule has 3 aromatic rings. The van der Waals surface area contributed by atoms with Crippen LogP contribution in [0.1, 0.15) is 42.9 Å². The molecule has 4 heterocycles. The second-order valence-corrected chi connectivity index (χ2v) is 9.55. The van der Waals surface area contributed by atoms with E-state index in [1.807, 2.05) is 18.3 Å². The molecule has 4 heteroatoms. The molecule has 1 aromatic heterocycles. The Hall–Kier alpha value is -2.98. The normalized spacial score (nSPS) is 25.0. The Labute approximate surface area is 196 Å². The number of amides is 1. The summed E-state index contributed by atoms with van der Waals surface area (Å²) in [5.74, 6) is 1.36. The number of piperidine rings is 3. The molecule has 1 N–H and O–H groups in total. The Bertz CT molecular complexity index is 1110. The molecule has 0 radical (unpaired) electrons. The second-order valence-electron chi connectivity index (χ2n) is 9.55. The van der Waals surface area contributed by atoms with Crippen LogP contribution < -0.4 is 5.32 Å². The molecule has 0 spiro atoms. The van der Waals surface area contributed by atoms with Crippen LogP contribution in [0.5, 0.6) is 0 Å². The number of carbonyl (C=O) groups is 1. The summed E-state index contributed by atoms with van der Waals surface area (Å²) >= 11 is 0. The highest BCUT2D eigenvalue weighted by molar-refractivity contribution is 5.84. The number of hydrogen-bond acceptors (Lipinski definition) is 3. The van der Waals surface area contributed by atoms with Gasteiger partial charge >= 0.3 is 0 Å². The monoisotopic (exact) mass is 439 g/mol. The van der Waals surface area contributed by atoms with Gasteiger partial charge in [0.15, 0.2) is 0 Å². The van der Waals surface area contributed by atoms with Crippen LogP contribution in [0.3, 0.4) is 0 Å². The number of hydrogen-bond donors (Lipinski definition) is 1. The van der Waals surface area contributed by atoms with E-state index < -0.39 is 0 Å². The Balaban J connectivity index is 1.37. The van der Waals surface area contributed by atoms with Crippen molar-refractivity contribution in [2.45, 2.75) is 44.2 Å². The summed E-state index contributed by atoms with van der Waals surface area (Å²) in [6.07, 6.45) is 8.66. The lowest BCUT2D eigenvalue weighted by molar-refractivity contribution is -0.123. The van der Waals surface area contributed by atoms with Crippen molar-refractivity contribution >= 4 is 16.8 Å². The highest BCUT2D eigenvalue weighted by Gasteiger charge is 2.43. The largest absolute Gasteiger partial charge is 0.348 e. The molecule has 6 rings (SSSR count). The minimum Gasteiger partial charge on any atom is -0.348 e. The van der Waals surface area contributed by atoms with Crippen molar-refractivity contribution in [3.05, 3.63) is 90.6 Å². The van der Waals surface area contributed by atoms with E-state index in [1.54, 1.807) is 0 Å². The number of aromatic nitrogens is 1. The minimum atomic E-state index is -0.0318. The van der Waals surface area contributed by atoms with Gasteiger partial charge in [-0.1, -0.05) is 54.6 Å². The van der Waals surface area contributed by atoms with Crippen molar-refractivity contribution in [1.29, 1.82) is 0 Å². The Morgan fingerprint density at radius 1 is 1.15 bits per heavy atom. The number of fused-ring (bicyclic) bond motifs is 4. The van der Waals surface area contributed by atoms with E-state index in [9.17, 15) is 4.79 Å². The summed E-state index contributed by atoms with van der Waals surface area (Å²) in [6.45, 7) is 6.22. The van der Waals surface area contributed by atoms with Gasteiger partial charge in [0.2, 0.25) is 5.91 Å². The first-order chi connectivity index (χ1) is 16.2. The molecule has 33 heavy (non-hydrogen) atoms. The van der Waals surface area contributed by atoms with Crippen LogP contribution in [0.15, 0.2) is 79.5 Å². The predicted molar refractivity (Wildman–Crippen MR) is 134 cm³/mol. The topological polar surface area (TPSA) is 45.2 Å². The standard InChI is InChI=1S/C29H33N3O/c1-2-22-20-32-18-16-23(22)19-27(32)29(25-15-17-30-26-13-7-6-12-24(25)26)31-28(33)14-8-11-21-9-4-3-5-10-21/h2-7,9-10,12-13,15,17,22-23,27,29H,1,8,11,14,16,18-20H2,(H,31,33)/t22-,23-,27+,29-/m0/s1. The van der Waals surface area contributed by atoms with Gasteiger partial charge in [0.1, 0.15) is 0 Å². The molecule has 3 aliphatic rings. The summed E-state index contributed by atoms with van der Waals surface area (Å²) in [5.41, 5.74) is 3.45. The maximum absolute atomic E-state index is 13.2. The van der Waals surface area contributed by atoms with Gasteiger partial charge in [-0.15, -0.1) is 6.58 Å². The van der Waals surface area contributed by atoms with E-state index in [2.05, 4.69) is 76.4 Å². The maximum atomic E-state index is 13.2. The van der Waals surface area contributed by atoms with Crippen LogP contribution in [-0.4, -0.2) is 34.9 Å². The zero-order valence-electron chi connectivity index (χ0n) is 19.2. The Morgan fingerprint density at radius 3 is 2.76 bits per heavy atom. The Morgan fingerprint density at radius 2 is 1.97 bits per heavy atom. The first-order valence-corrected chi connectivity index (χ1v) is 12.3. The smallest absolute Gasteiger partial charge is 0.220 e. The SMILES string of the molecule is C=C[C@H]1CN2CC[C@H]1C[C@@H]2[C@@H](NC(=O)CCCc1ccccc1)c1ccnc2ccccc12. The molecular formula is C29H33N3O. The molecule has 170 valence electrons. The third-order valence-electron chi connectivity index (χ3n) is 7.59. The van der Waals surface area contributed by atoms with Gasteiger partial charge in [-0.2, -0.15) is 0 Å². The van der Waals surface area contributed by atoms with Crippen LogP contribution in [0, 0.1) is 11.8 Å². The molecule has 5 atom stereocenters. The van der Waals surface area contributed by atoms with Gasteiger partial charge < -0.3 is 5.32 Å². The highest BCUT2D eigenvalue weighted by Crippen LogP contribution is 2.42. The first-order valence-electron chi connectivity index (χ1n) is 12.3. The number of aryl methyl sites for hydroxylation is 1. The molecule has 3 saturated heterocycles.